The number of esters is 1. The van der Waals surface area contributed by atoms with Crippen molar-refractivity contribution in [1.29, 1.82) is 0 Å². The monoisotopic (exact) mass is 388 g/mol. The molecule has 1 aromatic carbocycles. The SMILES string of the molecule is CCCCCC(C)NC(=O)COC(=O)c1cc(S(=O)(=O)NC)ccc1F. The van der Waals surface area contributed by atoms with Gasteiger partial charge in [0, 0.05) is 6.04 Å². The number of carbonyl (C=O) groups is 2. The first-order chi connectivity index (χ1) is 12.2. The third-order valence-electron chi connectivity index (χ3n) is 3.72. The van der Waals surface area contributed by atoms with Gasteiger partial charge in [0.05, 0.1) is 10.5 Å². The summed E-state index contributed by atoms with van der Waals surface area (Å²) >= 11 is 0. The van der Waals surface area contributed by atoms with Gasteiger partial charge in [0.2, 0.25) is 10.0 Å². The Morgan fingerprint density at radius 3 is 2.58 bits per heavy atom. The summed E-state index contributed by atoms with van der Waals surface area (Å²) < 4.78 is 44.1. The van der Waals surface area contributed by atoms with Crippen LogP contribution in [0.4, 0.5) is 4.39 Å². The minimum absolute atomic E-state index is 0.0615. The number of rotatable bonds is 10. The molecule has 0 heterocycles. The van der Waals surface area contributed by atoms with Crippen molar-refractivity contribution in [1.82, 2.24) is 10.0 Å². The van der Waals surface area contributed by atoms with Crippen LogP contribution in [0.1, 0.15) is 49.9 Å². The molecular weight excluding hydrogens is 363 g/mol. The maximum Gasteiger partial charge on any atom is 0.341 e. The smallest absolute Gasteiger partial charge is 0.341 e. The van der Waals surface area contributed by atoms with Gasteiger partial charge in [0.1, 0.15) is 5.82 Å². The van der Waals surface area contributed by atoms with Gasteiger partial charge in [-0.2, -0.15) is 0 Å². The highest BCUT2D eigenvalue weighted by Crippen LogP contribution is 2.16. The molecule has 0 aromatic heterocycles. The van der Waals surface area contributed by atoms with Crippen LogP contribution in [0.3, 0.4) is 0 Å². The van der Waals surface area contributed by atoms with Crippen molar-refractivity contribution in [3.05, 3.63) is 29.6 Å². The number of unbranched alkanes of at least 4 members (excludes halogenated alkanes) is 2. The summed E-state index contributed by atoms with van der Waals surface area (Å²) in [5, 5.41) is 2.69. The van der Waals surface area contributed by atoms with Crippen molar-refractivity contribution in [3.63, 3.8) is 0 Å². The van der Waals surface area contributed by atoms with Crippen LogP contribution in [0.15, 0.2) is 23.1 Å². The standard InChI is InChI=1S/C17H25FN2O5S/c1-4-5-6-7-12(2)20-16(21)11-25-17(22)14-10-13(8-9-15(14)18)26(23,24)19-3/h8-10,12,19H,4-7,11H2,1-3H3,(H,20,21). The predicted molar refractivity (Wildman–Crippen MR) is 94.7 cm³/mol. The Kier molecular flexibility index (Phi) is 8.67. The number of sulfonamides is 1. The second-order valence-electron chi connectivity index (χ2n) is 5.89. The molecule has 2 N–H and O–H groups in total. The summed E-state index contributed by atoms with van der Waals surface area (Å²) in [5.74, 6) is -2.54. The lowest BCUT2D eigenvalue weighted by atomic mass is 10.1. The predicted octanol–water partition coefficient (Wildman–Crippen LogP) is 1.98. The number of hydrogen-bond donors (Lipinski definition) is 2. The van der Waals surface area contributed by atoms with Crippen molar-refractivity contribution < 1.29 is 27.1 Å². The second kappa shape index (κ2) is 10.2. The Hall–Kier alpha value is -2.00. The molecule has 146 valence electrons. The van der Waals surface area contributed by atoms with Gasteiger partial charge in [-0.3, -0.25) is 4.79 Å². The molecule has 26 heavy (non-hydrogen) atoms. The van der Waals surface area contributed by atoms with E-state index in [-0.39, 0.29) is 10.9 Å². The van der Waals surface area contributed by atoms with Crippen LogP contribution in [-0.4, -0.2) is 40.0 Å². The minimum atomic E-state index is -3.83. The van der Waals surface area contributed by atoms with Gasteiger partial charge in [-0.15, -0.1) is 0 Å². The summed E-state index contributed by atoms with van der Waals surface area (Å²) in [7, 11) is -2.64. The first-order valence-corrected chi connectivity index (χ1v) is 9.89. The summed E-state index contributed by atoms with van der Waals surface area (Å²) in [5.41, 5.74) is -0.551. The van der Waals surface area contributed by atoms with Gasteiger partial charge in [-0.25, -0.2) is 22.3 Å². The Balaban J connectivity index is 2.65. The molecule has 0 fully saturated rings. The van der Waals surface area contributed by atoms with Crippen molar-refractivity contribution >= 4 is 21.9 Å². The summed E-state index contributed by atoms with van der Waals surface area (Å²) in [6.45, 7) is 3.36. The molecule has 0 spiro atoms. The number of amides is 1. The highest BCUT2D eigenvalue weighted by atomic mass is 32.2. The zero-order valence-corrected chi connectivity index (χ0v) is 16.0. The molecule has 0 aliphatic rings. The van der Waals surface area contributed by atoms with E-state index >= 15 is 0 Å². The fourth-order valence-electron chi connectivity index (χ4n) is 2.24. The zero-order valence-electron chi connectivity index (χ0n) is 15.2. The molecule has 0 bridgehead atoms. The van der Waals surface area contributed by atoms with Gasteiger partial charge < -0.3 is 10.1 Å². The van der Waals surface area contributed by atoms with E-state index in [2.05, 4.69) is 17.0 Å². The molecule has 1 amide bonds. The lowest BCUT2D eigenvalue weighted by molar-refractivity contribution is -0.124. The van der Waals surface area contributed by atoms with Crippen LogP contribution in [0.5, 0.6) is 0 Å². The summed E-state index contributed by atoms with van der Waals surface area (Å²) in [6, 6.07) is 2.70. The van der Waals surface area contributed by atoms with E-state index in [1.54, 1.807) is 0 Å². The molecule has 1 unspecified atom stereocenters. The van der Waals surface area contributed by atoms with Crippen LogP contribution >= 0.6 is 0 Å². The number of halogens is 1. The molecule has 1 atom stereocenters. The molecule has 0 aliphatic heterocycles. The summed E-state index contributed by atoms with van der Waals surface area (Å²) in [4.78, 5) is 23.5. The van der Waals surface area contributed by atoms with E-state index in [9.17, 15) is 22.4 Å². The molecule has 0 radical (unpaired) electrons. The molecule has 9 heteroatoms. The third-order valence-corrected chi connectivity index (χ3v) is 5.13. The lowest BCUT2D eigenvalue weighted by Gasteiger charge is -2.14. The average Bonchev–Trinajstić information content (AvgIpc) is 2.60. The molecule has 7 nitrogen and oxygen atoms in total. The van der Waals surface area contributed by atoms with E-state index < -0.39 is 39.9 Å². The highest BCUT2D eigenvalue weighted by molar-refractivity contribution is 7.89. The Morgan fingerprint density at radius 2 is 1.96 bits per heavy atom. The van der Waals surface area contributed by atoms with Crippen molar-refractivity contribution in [3.8, 4) is 0 Å². The van der Waals surface area contributed by atoms with Crippen molar-refractivity contribution in [2.24, 2.45) is 0 Å². The fourth-order valence-corrected chi connectivity index (χ4v) is 3.00. The lowest BCUT2D eigenvalue weighted by Crippen LogP contribution is -2.35. The third kappa shape index (κ3) is 6.72. The zero-order chi connectivity index (χ0) is 19.7. The van der Waals surface area contributed by atoms with Crippen LogP contribution in [-0.2, 0) is 19.6 Å². The minimum Gasteiger partial charge on any atom is -0.452 e. The molecule has 0 saturated carbocycles. The van der Waals surface area contributed by atoms with Crippen molar-refractivity contribution in [2.45, 2.75) is 50.5 Å². The molecular formula is C17H25FN2O5S. The molecule has 1 rings (SSSR count). The first kappa shape index (κ1) is 22.0. The number of carbonyl (C=O) groups excluding carboxylic acids is 2. The van der Waals surface area contributed by atoms with E-state index in [1.165, 1.54) is 7.05 Å². The normalized spacial score (nSPS) is 12.5. The van der Waals surface area contributed by atoms with E-state index in [1.807, 2.05) is 6.92 Å². The maximum absolute atomic E-state index is 13.8. The number of benzene rings is 1. The molecule has 1 aromatic rings. The van der Waals surface area contributed by atoms with Gasteiger partial charge in [0.25, 0.3) is 5.91 Å². The Morgan fingerprint density at radius 1 is 1.27 bits per heavy atom. The van der Waals surface area contributed by atoms with Crippen LogP contribution in [0, 0.1) is 5.82 Å². The van der Waals surface area contributed by atoms with E-state index in [0.717, 1.165) is 43.9 Å². The number of ether oxygens (including phenoxy) is 1. The first-order valence-electron chi connectivity index (χ1n) is 8.40. The number of nitrogens with one attached hydrogen (secondary N) is 2. The van der Waals surface area contributed by atoms with Gasteiger partial charge in [-0.05, 0) is 38.6 Å². The molecule has 0 saturated heterocycles. The van der Waals surface area contributed by atoms with E-state index in [4.69, 9.17) is 4.74 Å². The van der Waals surface area contributed by atoms with Crippen LogP contribution in [0.2, 0.25) is 0 Å². The van der Waals surface area contributed by atoms with Gasteiger partial charge >= 0.3 is 5.97 Å². The highest BCUT2D eigenvalue weighted by Gasteiger charge is 2.20. The Labute approximate surface area is 153 Å². The molecule has 0 aliphatic carbocycles. The van der Waals surface area contributed by atoms with E-state index in [0.29, 0.717) is 0 Å². The maximum atomic E-state index is 13.8. The second-order valence-corrected chi connectivity index (χ2v) is 7.78. The average molecular weight is 388 g/mol. The van der Waals surface area contributed by atoms with Gasteiger partial charge in [-0.1, -0.05) is 26.2 Å². The quantitative estimate of drug-likeness (QED) is 0.471. The number of hydrogen-bond acceptors (Lipinski definition) is 5. The largest absolute Gasteiger partial charge is 0.452 e. The fraction of sp³-hybridized carbons (Fsp3) is 0.529. The summed E-state index contributed by atoms with van der Waals surface area (Å²) in [6.07, 6.45) is 3.94. The van der Waals surface area contributed by atoms with Crippen LogP contribution < -0.4 is 10.0 Å². The van der Waals surface area contributed by atoms with Gasteiger partial charge in [0.15, 0.2) is 6.61 Å². The van der Waals surface area contributed by atoms with Crippen LogP contribution in [0.25, 0.3) is 0 Å². The Bertz CT molecular complexity index is 737. The van der Waals surface area contributed by atoms with Crippen molar-refractivity contribution in [2.75, 3.05) is 13.7 Å². The topological polar surface area (TPSA) is 102 Å².